The van der Waals surface area contributed by atoms with E-state index in [1.54, 1.807) is 0 Å². The highest BCUT2D eigenvalue weighted by Gasteiger charge is 2.14. The molecule has 4 heteroatoms. The van der Waals surface area contributed by atoms with Crippen molar-refractivity contribution in [3.05, 3.63) is 29.8 Å². The summed E-state index contributed by atoms with van der Waals surface area (Å²) in [6.45, 7) is 4.73. The van der Waals surface area contributed by atoms with Crippen molar-refractivity contribution >= 4 is 0 Å². The highest BCUT2D eigenvalue weighted by atomic mass is 16.5. The van der Waals surface area contributed by atoms with Crippen molar-refractivity contribution in [2.45, 2.75) is 25.9 Å². The number of aliphatic hydroxyl groups excluding tert-OH is 1. The van der Waals surface area contributed by atoms with Gasteiger partial charge in [0.1, 0.15) is 11.8 Å². The van der Waals surface area contributed by atoms with E-state index >= 15 is 0 Å². The summed E-state index contributed by atoms with van der Waals surface area (Å²) in [5.41, 5.74) is 0.825. The van der Waals surface area contributed by atoms with Crippen LogP contribution in [-0.2, 0) is 6.54 Å². The van der Waals surface area contributed by atoms with E-state index in [1.807, 2.05) is 44.2 Å². The van der Waals surface area contributed by atoms with Gasteiger partial charge in [0.25, 0.3) is 0 Å². The van der Waals surface area contributed by atoms with Gasteiger partial charge in [-0.3, -0.25) is 0 Å². The molecule has 0 atom stereocenters. The summed E-state index contributed by atoms with van der Waals surface area (Å²) in [6.07, 6.45) is 0. The zero-order valence-corrected chi connectivity index (χ0v) is 10.2. The van der Waals surface area contributed by atoms with E-state index in [1.165, 1.54) is 0 Å². The van der Waals surface area contributed by atoms with Crippen molar-refractivity contribution in [1.82, 2.24) is 5.32 Å². The number of aliphatic hydroxyl groups is 1. The lowest BCUT2D eigenvalue weighted by molar-refractivity contribution is 0.187. The van der Waals surface area contributed by atoms with Gasteiger partial charge in [0.05, 0.1) is 6.61 Å². The largest absolute Gasteiger partial charge is 0.479 e. The fraction of sp³-hybridized carbons (Fsp3) is 0.462. The highest BCUT2D eigenvalue weighted by molar-refractivity contribution is 5.27. The summed E-state index contributed by atoms with van der Waals surface area (Å²) in [5, 5.41) is 20.7. The van der Waals surface area contributed by atoms with Crippen molar-refractivity contribution in [1.29, 1.82) is 5.26 Å². The first-order chi connectivity index (χ1) is 8.07. The predicted octanol–water partition coefficient (Wildman–Crippen LogP) is 1.45. The minimum atomic E-state index is -0.282. The molecule has 0 saturated carbocycles. The normalized spacial score (nSPS) is 10.9. The zero-order valence-electron chi connectivity index (χ0n) is 10.2. The van der Waals surface area contributed by atoms with E-state index in [0.29, 0.717) is 12.3 Å². The lowest BCUT2D eigenvalue weighted by Gasteiger charge is -2.23. The summed E-state index contributed by atoms with van der Waals surface area (Å²) >= 11 is 0. The average Bonchev–Trinajstić information content (AvgIpc) is 2.35. The number of ether oxygens (including phenoxy) is 1. The van der Waals surface area contributed by atoms with Gasteiger partial charge in [-0.15, -0.1) is 0 Å². The van der Waals surface area contributed by atoms with E-state index < -0.39 is 0 Å². The van der Waals surface area contributed by atoms with Gasteiger partial charge in [-0.2, -0.15) is 5.26 Å². The Hall–Kier alpha value is -1.57. The monoisotopic (exact) mass is 234 g/mol. The van der Waals surface area contributed by atoms with Gasteiger partial charge >= 0.3 is 0 Å². The summed E-state index contributed by atoms with van der Waals surface area (Å²) in [7, 11) is 0. The lowest BCUT2D eigenvalue weighted by Crippen LogP contribution is -2.42. The van der Waals surface area contributed by atoms with Crippen LogP contribution in [0.5, 0.6) is 5.75 Å². The number of nitrogens with zero attached hydrogens (tertiary/aromatic N) is 1. The van der Waals surface area contributed by atoms with Crippen LogP contribution in [0, 0.1) is 11.3 Å². The molecule has 17 heavy (non-hydrogen) atoms. The first kappa shape index (κ1) is 13.5. The standard InChI is InChI=1S/C13H18N2O2/c1-13(2,10-16)15-9-11-3-5-12(6-4-11)17-8-7-14/h3-6,15-16H,8-10H2,1-2H3. The molecule has 1 rings (SSSR count). The van der Waals surface area contributed by atoms with Crippen molar-refractivity contribution in [2.24, 2.45) is 0 Å². The number of benzene rings is 1. The Morgan fingerprint density at radius 3 is 2.53 bits per heavy atom. The van der Waals surface area contributed by atoms with Crippen LogP contribution in [-0.4, -0.2) is 23.9 Å². The molecule has 1 aromatic rings. The average molecular weight is 234 g/mol. The van der Waals surface area contributed by atoms with Crippen LogP contribution in [0.4, 0.5) is 0 Å². The SMILES string of the molecule is CC(C)(CO)NCc1ccc(OCC#N)cc1. The van der Waals surface area contributed by atoms with Crippen LogP contribution in [0.25, 0.3) is 0 Å². The molecular weight excluding hydrogens is 216 g/mol. The number of rotatable bonds is 6. The molecule has 1 aromatic carbocycles. The molecule has 0 bridgehead atoms. The fourth-order valence-corrected chi connectivity index (χ4v) is 1.22. The van der Waals surface area contributed by atoms with Crippen LogP contribution < -0.4 is 10.1 Å². The minimum Gasteiger partial charge on any atom is -0.479 e. The fourth-order valence-electron chi connectivity index (χ4n) is 1.22. The number of nitrogens with one attached hydrogen (secondary N) is 1. The quantitative estimate of drug-likeness (QED) is 0.782. The molecule has 0 aliphatic rings. The van der Waals surface area contributed by atoms with E-state index in [-0.39, 0.29) is 18.8 Å². The molecule has 0 heterocycles. The summed E-state index contributed by atoms with van der Waals surface area (Å²) in [4.78, 5) is 0. The molecule has 0 aliphatic heterocycles. The lowest BCUT2D eigenvalue weighted by atomic mass is 10.1. The van der Waals surface area contributed by atoms with Gasteiger partial charge in [0.2, 0.25) is 0 Å². The Bertz CT molecular complexity index is 379. The molecule has 92 valence electrons. The van der Waals surface area contributed by atoms with Crippen molar-refractivity contribution in [3.8, 4) is 11.8 Å². The second-order valence-corrected chi connectivity index (χ2v) is 4.49. The van der Waals surface area contributed by atoms with Gasteiger partial charge in [-0.1, -0.05) is 12.1 Å². The van der Waals surface area contributed by atoms with Crippen molar-refractivity contribution < 1.29 is 9.84 Å². The Morgan fingerprint density at radius 2 is 2.00 bits per heavy atom. The molecular formula is C13H18N2O2. The second-order valence-electron chi connectivity index (χ2n) is 4.49. The number of hydrogen-bond donors (Lipinski definition) is 2. The Labute approximate surface area is 102 Å². The van der Waals surface area contributed by atoms with Crippen LogP contribution >= 0.6 is 0 Å². The molecule has 0 spiro atoms. The third-order valence-corrected chi connectivity index (χ3v) is 2.39. The molecule has 2 N–H and O–H groups in total. The molecule has 0 unspecified atom stereocenters. The maximum Gasteiger partial charge on any atom is 0.174 e. The van der Waals surface area contributed by atoms with Crippen molar-refractivity contribution in [3.63, 3.8) is 0 Å². The zero-order chi connectivity index (χ0) is 12.7. The van der Waals surface area contributed by atoms with Crippen molar-refractivity contribution in [2.75, 3.05) is 13.2 Å². The Balaban J connectivity index is 2.49. The smallest absolute Gasteiger partial charge is 0.174 e. The van der Waals surface area contributed by atoms with E-state index in [9.17, 15) is 0 Å². The predicted molar refractivity (Wildman–Crippen MR) is 65.6 cm³/mol. The van der Waals surface area contributed by atoms with Gasteiger partial charge in [0, 0.05) is 12.1 Å². The highest BCUT2D eigenvalue weighted by Crippen LogP contribution is 2.12. The first-order valence-corrected chi connectivity index (χ1v) is 5.52. The molecule has 0 amide bonds. The molecule has 4 nitrogen and oxygen atoms in total. The first-order valence-electron chi connectivity index (χ1n) is 5.52. The van der Waals surface area contributed by atoms with Crippen LogP contribution in [0.3, 0.4) is 0 Å². The van der Waals surface area contributed by atoms with Gasteiger partial charge in [-0.25, -0.2) is 0 Å². The third kappa shape index (κ3) is 4.85. The van der Waals surface area contributed by atoms with Gasteiger partial charge in [-0.05, 0) is 31.5 Å². The Kier molecular flexibility index (Phi) is 4.95. The molecule has 0 aliphatic carbocycles. The van der Waals surface area contributed by atoms with Crippen LogP contribution in [0.2, 0.25) is 0 Å². The van der Waals surface area contributed by atoms with Gasteiger partial charge in [0.15, 0.2) is 6.61 Å². The molecule has 0 fully saturated rings. The summed E-state index contributed by atoms with van der Waals surface area (Å²) in [6, 6.07) is 9.46. The van der Waals surface area contributed by atoms with Gasteiger partial charge < -0.3 is 15.2 Å². The molecule has 0 radical (unpaired) electrons. The maximum atomic E-state index is 9.10. The summed E-state index contributed by atoms with van der Waals surface area (Å²) < 4.78 is 5.16. The van der Waals surface area contributed by atoms with Crippen LogP contribution in [0.1, 0.15) is 19.4 Å². The molecule has 0 aromatic heterocycles. The van der Waals surface area contributed by atoms with E-state index in [2.05, 4.69) is 5.32 Å². The third-order valence-electron chi connectivity index (χ3n) is 2.39. The Morgan fingerprint density at radius 1 is 1.35 bits per heavy atom. The van der Waals surface area contributed by atoms with E-state index in [0.717, 1.165) is 5.56 Å². The second kappa shape index (κ2) is 6.24. The van der Waals surface area contributed by atoms with Crippen LogP contribution in [0.15, 0.2) is 24.3 Å². The van der Waals surface area contributed by atoms with E-state index in [4.69, 9.17) is 15.1 Å². The number of nitriles is 1. The minimum absolute atomic E-state index is 0.0646. The topological polar surface area (TPSA) is 65.3 Å². The summed E-state index contributed by atoms with van der Waals surface area (Å²) in [5.74, 6) is 0.691. The molecule has 0 saturated heterocycles. The maximum absolute atomic E-state index is 9.10. The number of hydrogen-bond acceptors (Lipinski definition) is 4.